The molecule has 4 heteroatoms. The van der Waals surface area contributed by atoms with E-state index in [0.29, 0.717) is 8.95 Å². The fourth-order valence-corrected chi connectivity index (χ4v) is 5.35. The lowest BCUT2D eigenvalue weighted by Gasteiger charge is -2.32. The van der Waals surface area contributed by atoms with E-state index >= 15 is 0 Å². The Kier molecular flexibility index (Phi) is 5.97. The lowest BCUT2D eigenvalue weighted by Crippen LogP contribution is -2.25. The molecule has 0 aromatic heterocycles. The SMILES string of the molecule is CC(c1ccc(-c2cccc3ccccc23)cc1)(c1ccc(O)c(Br)c1)c1ccc(O)c(Br)c1. The maximum absolute atomic E-state index is 10.1. The topological polar surface area (TPSA) is 40.5 Å². The van der Waals surface area contributed by atoms with Gasteiger partial charge >= 0.3 is 0 Å². The van der Waals surface area contributed by atoms with Gasteiger partial charge in [0.15, 0.2) is 0 Å². The number of rotatable bonds is 4. The van der Waals surface area contributed by atoms with Gasteiger partial charge in [0, 0.05) is 5.41 Å². The summed E-state index contributed by atoms with van der Waals surface area (Å²) in [5.41, 5.74) is 4.98. The third kappa shape index (κ3) is 3.91. The van der Waals surface area contributed by atoms with Crippen molar-refractivity contribution < 1.29 is 10.2 Å². The summed E-state index contributed by atoms with van der Waals surface area (Å²) in [5, 5.41) is 22.6. The van der Waals surface area contributed by atoms with Crippen LogP contribution >= 0.6 is 31.9 Å². The fourth-order valence-electron chi connectivity index (χ4n) is 4.60. The quantitative estimate of drug-likeness (QED) is 0.211. The molecule has 0 unspecified atom stereocenters. The first-order chi connectivity index (χ1) is 16.4. The van der Waals surface area contributed by atoms with E-state index in [2.05, 4.69) is 106 Å². The minimum atomic E-state index is -0.524. The molecule has 5 aromatic carbocycles. The van der Waals surface area contributed by atoms with Crippen molar-refractivity contribution in [3.63, 3.8) is 0 Å². The molecular formula is C30H22Br2O2. The third-order valence-electron chi connectivity index (χ3n) is 6.61. The first-order valence-corrected chi connectivity index (χ1v) is 12.5. The van der Waals surface area contributed by atoms with E-state index in [4.69, 9.17) is 0 Å². The van der Waals surface area contributed by atoms with Gasteiger partial charge in [-0.05, 0) is 102 Å². The molecule has 34 heavy (non-hydrogen) atoms. The zero-order chi connectivity index (χ0) is 23.9. The average Bonchev–Trinajstić information content (AvgIpc) is 2.86. The Morgan fingerprint density at radius 2 is 1.12 bits per heavy atom. The largest absolute Gasteiger partial charge is 0.507 e. The highest BCUT2D eigenvalue weighted by molar-refractivity contribution is 9.10. The summed E-state index contributed by atoms with van der Waals surface area (Å²) in [5.74, 6) is 0.397. The Balaban J connectivity index is 1.67. The van der Waals surface area contributed by atoms with Crippen molar-refractivity contribution in [2.45, 2.75) is 12.3 Å². The number of hydrogen-bond donors (Lipinski definition) is 2. The molecule has 5 aromatic rings. The van der Waals surface area contributed by atoms with Crippen LogP contribution in [-0.2, 0) is 5.41 Å². The molecule has 0 spiro atoms. The van der Waals surface area contributed by atoms with Crippen LogP contribution in [-0.4, -0.2) is 10.2 Å². The second-order valence-electron chi connectivity index (χ2n) is 8.56. The van der Waals surface area contributed by atoms with Crippen LogP contribution < -0.4 is 0 Å². The van der Waals surface area contributed by atoms with E-state index in [1.807, 2.05) is 24.3 Å². The molecule has 0 aliphatic rings. The number of benzene rings is 5. The lowest BCUT2D eigenvalue weighted by molar-refractivity contribution is 0.471. The summed E-state index contributed by atoms with van der Waals surface area (Å²) >= 11 is 6.95. The Hall–Kier alpha value is -3.08. The molecule has 0 bridgehead atoms. The molecule has 0 amide bonds. The van der Waals surface area contributed by atoms with Crippen LogP contribution in [0.5, 0.6) is 11.5 Å². The first kappa shape index (κ1) is 22.7. The van der Waals surface area contributed by atoms with Gasteiger partial charge in [-0.1, -0.05) is 78.9 Å². The number of hydrogen-bond acceptors (Lipinski definition) is 2. The van der Waals surface area contributed by atoms with Crippen LogP contribution in [0.2, 0.25) is 0 Å². The minimum Gasteiger partial charge on any atom is -0.507 e. The second-order valence-corrected chi connectivity index (χ2v) is 10.3. The van der Waals surface area contributed by atoms with Crippen molar-refractivity contribution in [2.24, 2.45) is 0 Å². The normalized spacial score (nSPS) is 11.6. The predicted molar refractivity (Wildman–Crippen MR) is 147 cm³/mol. The van der Waals surface area contributed by atoms with Crippen molar-refractivity contribution >= 4 is 42.6 Å². The molecule has 0 fully saturated rings. The standard InChI is InChI=1S/C30H22Br2O2/c1-30(22-13-15-28(33)26(31)17-22,23-14-16-29(34)27(32)18-23)21-11-9-20(10-12-21)25-8-4-6-19-5-2-3-7-24(19)25/h2-18,33-34H,1H3. The van der Waals surface area contributed by atoms with Crippen LogP contribution in [0.1, 0.15) is 23.6 Å². The molecule has 0 saturated heterocycles. The summed E-state index contributed by atoms with van der Waals surface area (Å²) in [7, 11) is 0. The average molecular weight is 574 g/mol. The molecule has 2 nitrogen and oxygen atoms in total. The summed E-state index contributed by atoms with van der Waals surface area (Å²) in [6, 6.07) is 34.7. The Labute approximate surface area is 215 Å². The predicted octanol–water partition coefficient (Wildman–Crippen LogP) is 8.80. The molecule has 0 radical (unpaired) electrons. The van der Waals surface area contributed by atoms with Gasteiger partial charge in [0.1, 0.15) is 11.5 Å². The van der Waals surface area contributed by atoms with Gasteiger partial charge in [0.2, 0.25) is 0 Å². The van der Waals surface area contributed by atoms with Gasteiger partial charge in [-0.25, -0.2) is 0 Å². The van der Waals surface area contributed by atoms with Crippen molar-refractivity contribution in [2.75, 3.05) is 0 Å². The molecule has 0 saturated carbocycles. The van der Waals surface area contributed by atoms with E-state index < -0.39 is 5.41 Å². The van der Waals surface area contributed by atoms with Crippen LogP contribution in [0, 0.1) is 0 Å². The highest BCUT2D eigenvalue weighted by atomic mass is 79.9. The van der Waals surface area contributed by atoms with Crippen molar-refractivity contribution in [1.82, 2.24) is 0 Å². The van der Waals surface area contributed by atoms with Crippen molar-refractivity contribution in [1.29, 1.82) is 0 Å². The molecule has 168 valence electrons. The van der Waals surface area contributed by atoms with Crippen molar-refractivity contribution in [3.8, 4) is 22.6 Å². The van der Waals surface area contributed by atoms with Crippen LogP contribution in [0.15, 0.2) is 112 Å². The van der Waals surface area contributed by atoms with Crippen LogP contribution in [0.4, 0.5) is 0 Å². The molecule has 0 aliphatic carbocycles. The first-order valence-electron chi connectivity index (χ1n) is 10.9. The Bertz CT molecular complexity index is 1450. The number of phenolic OH excluding ortho intramolecular Hbond substituents is 2. The number of halogens is 2. The molecule has 0 aliphatic heterocycles. The van der Waals surface area contributed by atoms with E-state index in [9.17, 15) is 10.2 Å². The van der Waals surface area contributed by atoms with Gasteiger partial charge in [0.25, 0.3) is 0 Å². The van der Waals surface area contributed by atoms with Crippen molar-refractivity contribution in [3.05, 3.63) is 129 Å². The Morgan fingerprint density at radius 1 is 0.588 bits per heavy atom. The lowest BCUT2D eigenvalue weighted by atomic mass is 9.71. The van der Waals surface area contributed by atoms with E-state index in [0.717, 1.165) is 22.3 Å². The zero-order valence-corrected chi connectivity index (χ0v) is 21.6. The van der Waals surface area contributed by atoms with E-state index in [1.165, 1.54) is 16.3 Å². The summed E-state index contributed by atoms with van der Waals surface area (Å²) in [4.78, 5) is 0. The van der Waals surface area contributed by atoms with E-state index in [1.54, 1.807) is 12.1 Å². The molecule has 0 atom stereocenters. The van der Waals surface area contributed by atoms with Gasteiger partial charge < -0.3 is 10.2 Å². The number of aromatic hydroxyl groups is 2. The van der Waals surface area contributed by atoms with Crippen LogP contribution in [0.25, 0.3) is 21.9 Å². The van der Waals surface area contributed by atoms with Crippen LogP contribution in [0.3, 0.4) is 0 Å². The Morgan fingerprint density at radius 3 is 1.71 bits per heavy atom. The maximum Gasteiger partial charge on any atom is 0.129 e. The molecular weight excluding hydrogens is 552 g/mol. The van der Waals surface area contributed by atoms with Gasteiger partial charge in [-0.2, -0.15) is 0 Å². The van der Waals surface area contributed by atoms with Gasteiger partial charge in [-0.15, -0.1) is 0 Å². The summed E-state index contributed by atoms with van der Waals surface area (Å²) in [6.07, 6.45) is 0. The summed E-state index contributed by atoms with van der Waals surface area (Å²) < 4.78 is 1.28. The molecule has 0 heterocycles. The highest BCUT2D eigenvalue weighted by Gasteiger charge is 2.32. The summed E-state index contributed by atoms with van der Waals surface area (Å²) in [6.45, 7) is 2.16. The smallest absolute Gasteiger partial charge is 0.129 e. The van der Waals surface area contributed by atoms with Gasteiger partial charge in [-0.3, -0.25) is 0 Å². The zero-order valence-electron chi connectivity index (χ0n) is 18.5. The highest BCUT2D eigenvalue weighted by Crippen LogP contribution is 2.43. The third-order valence-corrected chi connectivity index (χ3v) is 7.88. The number of phenols is 2. The fraction of sp³-hybridized carbons (Fsp3) is 0.0667. The van der Waals surface area contributed by atoms with Gasteiger partial charge in [0.05, 0.1) is 8.95 Å². The molecule has 2 N–H and O–H groups in total. The maximum atomic E-state index is 10.1. The second kappa shape index (κ2) is 8.94. The van der Waals surface area contributed by atoms with E-state index in [-0.39, 0.29) is 11.5 Å². The monoisotopic (exact) mass is 572 g/mol. The minimum absolute atomic E-state index is 0.198. The number of fused-ring (bicyclic) bond motifs is 1. The molecule has 5 rings (SSSR count).